The van der Waals surface area contributed by atoms with E-state index in [2.05, 4.69) is 31.3 Å². The SMILES string of the molecule is CC(C)c1ccc(N2C(=O)CSC2c2cccc(NC(=O)c3cccc(F)c3)c2)cc1. The van der Waals surface area contributed by atoms with Crippen molar-refractivity contribution in [2.75, 3.05) is 16.0 Å². The molecule has 3 aromatic carbocycles. The van der Waals surface area contributed by atoms with Crippen LogP contribution in [0.3, 0.4) is 0 Å². The van der Waals surface area contributed by atoms with Gasteiger partial charge < -0.3 is 5.32 Å². The van der Waals surface area contributed by atoms with Crippen LogP contribution in [-0.2, 0) is 4.79 Å². The first kappa shape index (κ1) is 21.1. The van der Waals surface area contributed by atoms with E-state index in [0.29, 0.717) is 17.4 Å². The number of anilines is 2. The predicted octanol–water partition coefficient (Wildman–Crippen LogP) is 5.98. The van der Waals surface area contributed by atoms with E-state index in [0.717, 1.165) is 11.3 Å². The van der Waals surface area contributed by atoms with Crippen LogP contribution >= 0.6 is 11.8 Å². The first-order chi connectivity index (χ1) is 14.9. The van der Waals surface area contributed by atoms with E-state index in [4.69, 9.17) is 0 Å². The summed E-state index contributed by atoms with van der Waals surface area (Å²) in [6.07, 6.45) is 0. The molecule has 3 aromatic rings. The van der Waals surface area contributed by atoms with Crippen molar-refractivity contribution in [2.24, 2.45) is 0 Å². The smallest absolute Gasteiger partial charge is 0.255 e. The second-order valence-corrected chi connectivity index (χ2v) is 8.83. The molecule has 0 saturated carbocycles. The van der Waals surface area contributed by atoms with E-state index in [-0.39, 0.29) is 22.8 Å². The number of carbonyl (C=O) groups excluding carboxylic acids is 2. The van der Waals surface area contributed by atoms with Gasteiger partial charge in [-0.1, -0.05) is 44.2 Å². The molecule has 0 aromatic heterocycles. The van der Waals surface area contributed by atoms with E-state index in [1.165, 1.54) is 23.8 Å². The number of hydrogen-bond donors (Lipinski definition) is 1. The highest BCUT2D eigenvalue weighted by atomic mass is 32.2. The Balaban J connectivity index is 1.57. The van der Waals surface area contributed by atoms with Crippen molar-refractivity contribution in [3.8, 4) is 0 Å². The lowest BCUT2D eigenvalue weighted by molar-refractivity contribution is -0.115. The third-order valence-corrected chi connectivity index (χ3v) is 6.43. The largest absolute Gasteiger partial charge is 0.322 e. The number of thioether (sulfide) groups is 1. The number of benzene rings is 3. The lowest BCUT2D eigenvalue weighted by atomic mass is 10.0. The summed E-state index contributed by atoms with van der Waals surface area (Å²) in [5, 5.41) is 2.64. The Morgan fingerprint density at radius 3 is 2.52 bits per heavy atom. The summed E-state index contributed by atoms with van der Waals surface area (Å²) < 4.78 is 13.4. The first-order valence-corrected chi connectivity index (χ1v) is 11.2. The summed E-state index contributed by atoms with van der Waals surface area (Å²) in [5.74, 6) is 0.0407. The molecule has 31 heavy (non-hydrogen) atoms. The van der Waals surface area contributed by atoms with Crippen LogP contribution in [0, 0.1) is 5.82 Å². The Kier molecular flexibility index (Phi) is 6.09. The molecule has 0 spiro atoms. The second kappa shape index (κ2) is 8.94. The Labute approximate surface area is 185 Å². The van der Waals surface area contributed by atoms with Gasteiger partial charge in [0, 0.05) is 16.9 Å². The maximum Gasteiger partial charge on any atom is 0.255 e. The van der Waals surface area contributed by atoms with Crippen molar-refractivity contribution >= 4 is 35.0 Å². The molecule has 0 radical (unpaired) electrons. The Bertz CT molecular complexity index is 1110. The highest BCUT2D eigenvalue weighted by Crippen LogP contribution is 2.42. The van der Waals surface area contributed by atoms with Crippen molar-refractivity contribution in [1.29, 1.82) is 0 Å². The summed E-state index contributed by atoms with van der Waals surface area (Å²) in [5.41, 5.74) is 3.85. The molecule has 1 heterocycles. The average Bonchev–Trinajstić information content (AvgIpc) is 3.15. The van der Waals surface area contributed by atoms with E-state index in [9.17, 15) is 14.0 Å². The minimum absolute atomic E-state index is 0.0569. The highest BCUT2D eigenvalue weighted by molar-refractivity contribution is 8.00. The maximum absolute atomic E-state index is 13.4. The summed E-state index contributed by atoms with van der Waals surface area (Å²) in [6, 6.07) is 21.1. The monoisotopic (exact) mass is 434 g/mol. The normalized spacial score (nSPS) is 16.1. The summed E-state index contributed by atoms with van der Waals surface area (Å²) in [7, 11) is 0. The van der Waals surface area contributed by atoms with Crippen molar-refractivity contribution < 1.29 is 14.0 Å². The van der Waals surface area contributed by atoms with E-state index in [1.807, 2.05) is 35.2 Å². The van der Waals surface area contributed by atoms with Crippen LogP contribution in [-0.4, -0.2) is 17.6 Å². The molecule has 1 unspecified atom stereocenters. The van der Waals surface area contributed by atoms with Gasteiger partial charge in [-0.15, -0.1) is 11.8 Å². The minimum atomic E-state index is -0.457. The van der Waals surface area contributed by atoms with Gasteiger partial charge >= 0.3 is 0 Å². The first-order valence-electron chi connectivity index (χ1n) is 10.1. The Morgan fingerprint density at radius 2 is 1.81 bits per heavy atom. The second-order valence-electron chi connectivity index (χ2n) is 7.76. The van der Waals surface area contributed by atoms with Gasteiger partial charge in [0.2, 0.25) is 5.91 Å². The molecule has 1 fully saturated rings. The zero-order valence-electron chi connectivity index (χ0n) is 17.3. The van der Waals surface area contributed by atoms with Crippen LogP contribution in [0.15, 0.2) is 72.8 Å². The van der Waals surface area contributed by atoms with Crippen molar-refractivity contribution in [3.05, 3.63) is 95.3 Å². The van der Waals surface area contributed by atoms with Gasteiger partial charge in [0.05, 0.1) is 5.75 Å². The number of hydrogen-bond acceptors (Lipinski definition) is 3. The van der Waals surface area contributed by atoms with Gasteiger partial charge in [0.25, 0.3) is 5.91 Å². The maximum atomic E-state index is 13.4. The van der Waals surface area contributed by atoms with E-state index in [1.54, 1.807) is 23.9 Å². The summed E-state index contributed by atoms with van der Waals surface area (Å²) in [6.45, 7) is 4.27. The molecule has 4 rings (SSSR count). The molecule has 1 N–H and O–H groups in total. The molecular weight excluding hydrogens is 411 g/mol. The van der Waals surface area contributed by atoms with E-state index >= 15 is 0 Å². The van der Waals surface area contributed by atoms with Crippen LogP contribution in [0.2, 0.25) is 0 Å². The van der Waals surface area contributed by atoms with Crippen LogP contribution in [0.25, 0.3) is 0 Å². The van der Waals surface area contributed by atoms with Gasteiger partial charge in [-0.3, -0.25) is 14.5 Å². The molecule has 6 heteroatoms. The fourth-order valence-corrected chi connectivity index (χ4v) is 4.74. The average molecular weight is 435 g/mol. The Morgan fingerprint density at radius 1 is 1.06 bits per heavy atom. The predicted molar refractivity (Wildman–Crippen MR) is 124 cm³/mol. The number of amides is 2. The van der Waals surface area contributed by atoms with Crippen LogP contribution < -0.4 is 10.2 Å². The number of halogens is 1. The van der Waals surface area contributed by atoms with Gasteiger partial charge in [-0.2, -0.15) is 0 Å². The number of nitrogens with one attached hydrogen (secondary N) is 1. The fourth-order valence-electron chi connectivity index (χ4n) is 3.57. The van der Waals surface area contributed by atoms with Gasteiger partial charge in [0.1, 0.15) is 11.2 Å². The Hall–Kier alpha value is -3.12. The molecule has 0 aliphatic carbocycles. The molecule has 1 saturated heterocycles. The zero-order valence-corrected chi connectivity index (χ0v) is 18.2. The summed E-state index contributed by atoms with van der Waals surface area (Å²) >= 11 is 1.56. The van der Waals surface area contributed by atoms with Crippen LogP contribution in [0.4, 0.5) is 15.8 Å². The van der Waals surface area contributed by atoms with Gasteiger partial charge in [0.15, 0.2) is 0 Å². The lowest BCUT2D eigenvalue weighted by Crippen LogP contribution is -2.27. The number of nitrogens with zero attached hydrogens (tertiary/aromatic N) is 1. The standard InChI is InChI=1S/C25H23FN2O2S/c1-16(2)17-9-11-22(12-10-17)28-23(29)15-31-25(28)19-6-4-8-21(14-19)27-24(30)18-5-3-7-20(26)13-18/h3-14,16,25H,15H2,1-2H3,(H,27,30). The van der Waals surface area contributed by atoms with Gasteiger partial charge in [-0.05, 0) is 59.5 Å². The molecule has 1 atom stereocenters. The van der Waals surface area contributed by atoms with Crippen molar-refractivity contribution in [1.82, 2.24) is 0 Å². The number of rotatable bonds is 5. The molecular formula is C25H23FN2O2S. The third kappa shape index (κ3) is 4.64. The molecule has 1 aliphatic heterocycles. The molecule has 1 aliphatic rings. The molecule has 0 bridgehead atoms. The zero-order chi connectivity index (χ0) is 22.0. The molecule has 4 nitrogen and oxygen atoms in total. The molecule has 2 amide bonds. The van der Waals surface area contributed by atoms with Crippen molar-refractivity contribution in [2.45, 2.75) is 25.1 Å². The van der Waals surface area contributed by atoms with Crippen molar-refractivity contribution in [3.63, 3.8) is 0 Å². The van der Waals surface area contributed by atoms with Gasteiger partial charge in [-0.25, -0.2) is 4.39 Å². The lowest BCUT2D eigenvalue weighted by Gasteiger charge is -2.25. The number of carbonyl (C=O) groups is 2. The van der Waals surface area contributed by atoms with Crippen LogP contribution in [0.1, 0.15) is 46.6 Å². The molecule has 158 valence electrons. The fraction of sp³-hybridized carbons (Fsp3) is 0.200. The minimum Gasteiger partial charge on any atom is -0.322 e. The summed E-state index contributed by atoms with van der Waals surface area (Å²) in [4.78, 5) is 26.9. The quantitative estimate of drug-likeness (QED) is 0.537. The highest BCUT2D eigenvalue weighted by Gasteiger charge is 2.34. The topological polar surface area (TPSA) is 49.4 Å². The van der Waals surface area contributed by atoms with E-state index < -0.39 is 5.82 Å². The van der Waals surface area contributed by atoms with Crippen LogP contribution in [0.5, 0.6) is 0 Å². The third-order valence-electron chi connectivity index (χ3n) is 5.22.